The smallest absolute Gasteiger partial charge is 0.120 e. The monoisotopic (exact) mass is 239 g/mol. The van der Waals surface area contributed by atoms with Crippen LogP contribution in [0.2, 0.25) is 0 Å². The van der Waals surface area contributed by atoms with Crippen LogP contribution in [0.5, 0.6) is 0 Å². The van der Waals surface area contributed by atoms with Crippen molar-refractivity contribution in [1.82, 2.24) is 5.32 Å². The van der Waals surface area contributed by atoms with Gasteiger partial charge in [-0.1, -0.05) is 26.7 Å². The van der Waals surface area contributed by atoms with Crippen LogP contribution in [-0.4, -0.2) is 17.8 Å². The molecule has 17 heavy (non-hydrogen) atoms. The number of rotatable bonds is 7. The Labute approximate surface area is 104 Å². The van der Waals surface area contributed by atoms with Crippen molar-refractivity contribution in [3.8, 4) is 0 Å². The van der Waals surface area contributed by atoms with E-state index in [0.717, 1.165) is 24.4 Å². The largest absolute Gasteiger partial charge is 0.465 e. The van der Waals surface area contributed by atoms with E-state index < -0.39 is 0 Å². The van der Waals surface area contributed by atoms with E-state index in [1.807, 2.05) is 19.1 Å². The quantitative estimate of drug-likeness (QED) is 0.768. The van der Waals surface area contributed by atoms with E-state index in [1.165, 1.54) is 0 Å². The zero-order valence-electron chi connectivity index (χ0n) is 11.4. The molecule has 0 aliphatic heterocycles. The first kappa shape index (κ1) is 14.3. The normalized spacial score (nSPS) is 15.2. The summed E-state index contributed by atoms with van der Waals surface area (Å²) in [5, 5.41) is 13.3. The van der Waals surface area contributed by atoms with E-state index in [9.17, 15) is 5.11 Å². The zero-order chi connectivity index (χ0) is 12.8. The fourth-order valence-electron chi connectivity index (χ4n) is 2.08. The summed E-state index contributed by atoms with van der Waals surface area (Å²) >= 11 is 0. The lowest BCUT2D eigenvalue weighted by Gasteiger charge is -2.22. The summed E-state index contributed by atoms with van der Waals surface area (Å²) in [6.45, 7) is 8.85. The van der Waals surface area contributed by atoms with E-state index >= 15 is 0 Å². The second-order valence-electron chi connectivity index (χ2n) is 4.72. The molecule has 3 heteroatoms. The summed E-state index contributed by atoms with van der Waals surface area (Å²) in [6, 6.07) is 4.09. The van der Waals surface area contributed by atoms with Gasteiger partial charge in [-0.25, -0.2) is 0 Å². The number of hydrogen-bond donors (Lipinski definition) is 2. The minimum atomic E-state index is -0.275. The first-order valence-corrected chi connectivity index (χ1v) is 6.56. The maximum atomic E-state index is 10.0. The van der Waals surface area contributed by atoms with Gasteiger partial charge in [-0.3, -0.25) is 0 Å². The van der Waals surface area contributed by atoms with E-state index in [2.05, 4.69) is 26.1 Å². The van der Waals surface area contributed by atoms with Gasteiger partial charge in [0.25, 0.3) is 0 Å². The fraction of sp³-hybridized carbons (Fsp3) is 0.714. The van der Waals surface area contributed by atoms with Crippen LogP contribution < -0.4 is 5.32 Å². The average molecular weight is 239 g/mol. The summed E-state index contributed by atoms with van der Waals surface area (Å²) in [5.41, 5.74) is 0. The molecule has 3 nitrogen and oxygen atoms in total. The van der Waals surface area contributed by atoms with E-state index in [1.54, 1.807) is 0 Å². The molecule has 1 rings (SSSR count). The lowest BCUT2D eigenvalue weighted by Crippen LogP contribution is -2.33. The molecule has 2 unspecified atom stereocenters. The molecular formula is C14H25NO2. The Morgan fingerprint density at radius 3 is 2.41 bits per heavy atom. The highest BCUT2D eigenvalue weighted by Crippen LogP contribution is 2.17. The Morgan fingerprint density at radius 2 is 1.94 bits per heavy atom. The average Bonchev–Trinajstić information content (AvgIpc) is 2.74. The number of aryl methyl sites for hydroxylation is 1. The maximum Gasteiger partial charge on any atom is 0.120 e. The molecule has 2 atom stereocenters. The highest BCUT2D eigenvalue weighted by atomic mass is 16.3. The topological polar surface area (TPSA) is 45.4 Å². The molecule has 0 aromatic carbocycles. The van der Waals surface area contributed by atoms with E-state index in [4.69, 9.17) is 4.42 Å². The summed E-state index contributed by atoms with van der Waals surface area (Å²) < 4.78 is 5.55. The summed E-state index contributed by atoms with van der Waals surface area (Å²) in [6.07, 6.45) is 1.77. The van der Waals surface area contributed by atoms with Crippen LogP contribution in [0.25, 0.3) is 0 Å². The first-order chi connectivity index (χ1) is 8.08. The van der Waals surface area contributed by atoms with Crippen molar-refractivity contribution in [2.45, 2.75) is 52.7 Å². The Hall–Kier alpha value is -0.800. The van der Waals surface area contributed by atoms with E-state index in [-0.39, 0.29) is 12.1 Å². The van der Waals surface area contributed by atoms with Gasteiger partial charge < -0.3 is 14.8 Å². The van der Waals surface area contributed by atoms with Crippen molar-refractivity contribution in [3.63, 3.8) is 0 Å². The van der Waals surface area contributed by atoms with Crippen molar-refractivity contribution >= 4 is 0 Å². The molecule has 0 saturated heterocycles. The third kappa shape index (κ3) is 4.17. The molecule has 0 bridgehead atoms. The minimum Gasteiger partial charge on any atom is -0.465 e. The van der Waals surface area contributed by atoms with Crippen molar-refractivity contribution in [2.24, 2.45) is 5.92 Å². The van der Waals surface area contributed by atoms with Gasteiger partial charge in [0.1, 0.15) is 11.5 Å². The number of hydrogen-bond acceptors (Lipinski definition) is 3. The lowest BCUT2D eigenvalue weighted by molar-refractivity contribution is 0.0980. The SMILES string of the molecule is CCC(CC)C(O)CNC(C)c1ccc(C)o1. The highest BCUT2D eigenvalue weighted by molar-refractivity contribution is 5.08. The van der Waals surface area contributed by atoms with Crippen LogP contribution in [-0.2, 0) is 0 Å². The number of furan rings is 1. The second-order valence-corrected chi connectivity index (χ2v) is 4.72. The zero-order valence-corrected chi connectivity index (χ0v) is 11.4. The molecule has 2 N–H and O–H groups in total. The Kier molecular flexibility index (Phi) is 5.72. The van der Waals surface area contributed by atoms with Crippen molar-refractivity contribution < 1.29 is 9.52 Å². The maximum absolute atomic E-state index is 10.0. The minimum absolute atomic E-state index is 0.146. The van der Waals surface area contributed by atoms with Crippen molar-refractivity contribution in [3.05, 3.63) is 23.7 Å². The molecule has 98 valence electrons. The summed E-state index contributed by atoms with van der Waals surface area (Å²) in [4.78, 5) is 0. The van der Waals surface area contributed by atoms with Crippen LogP contribution in [0, 0.1) is 12.8 Å². The Balaban J connectivity index is 2.40. The third-order valence-electron chi connectivity index (χ3n) is 3.41. The van der Waals surface area contributed by atoms with Gasteiger partial charge in [-0.15, -0.1) is 0 Å². The van der Waals surface area contributed by atoms with Crippen LogP contribution in [0.3, 0.4) is 0 Å². The Bertz CT molecular complexity index is 318. The standard InChI is InChI=1S/C14H25NO2/c1-5-12(6-2)13(16)9-15-11(4)14-8-7-10(3)17-14/h7-8,11-13,15-16H,5-6,9H2,1-4H3. The van der Waals surface area contributed by atoms with Gasteiger partial charge in [-0.2, -0.15) is 0 Å². The van der Waals surface area contributed by atoms with Crippen LogP contribution in [0.1, 0.15) is 51.2 Å². The van der Waals surface area contributed by atoms with Crippen molar-refractivity contribution in [1.29, 1.82) is 0 Å². The molecular weight excluding hydrogens is 214 g/mol. The van der Waals surface area contributed by atoms with Gasteiger partial charge >= 0.3 is 0 Å². The number of aliphatic hydroxyl groups is 1. The van der Waals surface area contributed by atoms with Crippen molar-refractivity contribution in [2.75, 3.05) is 6.54 Å². The predicted molar refractivity (Wildman–Crippen MR) is 69.9 cm³/mol. The van der Waals surface area contributed by atoms with Gasteiger partial charge in [0.15, 0.2) is 0 Å². The summed E-state index contributed by atoms with van der Waals surface area (Å²) in [7, 11) is 0. The predicted octanol–water partition coefficient (Wildman–Crippen LogP) is 3.04. The molecule has 1 aromatic heterocycles. The van der Waals surface area contributed by atoms with Crippen LogP contribution in [0.4, 0.5) is 0 Å². The molecule has 1 aromatic rings. The fourth-order valence-corrected chi connectivity index (χ4v) is 2.08. The molecule has 0 aliphatic rings. The van der Waals surface area contributed by atoms with Gasteiger partial charge in [0.05, 0.1) is 12.1 Å². The second kappa shape index (κ2) is 6.82. The summed E-state index contributed by atoms with van der Waals surface area (Å²) in [5.74, 6) is 2.24. The highest BCUT2D eigenvalue weighted by Gasteiger charge is 2.17. The lowest BCUT2D eigenvalue weighted by atomic mass is 9.96. The van der Waals surface area contributed by atoms with Gasteiger partial charge in [0.2, 0.25) is 0 Å². The molecule has 0 aliphatic carbocycles. The molecule has 0 amide bonds. The third-order valence-corrected chi connectivity index (χ3v) is 3.41. The van der Waals surface area contributed by atoms with Crippen LogP contribution >= 0.6 is 0 Å². The van der Waals surface area contributed by atoms with Crippen LogP contribution in [0.15, 0.2) is 16.5 Å². The first-order valence-electron chi connectivity index (χ1n) is 6.56. The van der Waals surface area contributed by atoms with E-state index in [0.29, 0.717) is 12.5 Å². The molecule has 0 radical (unpaired) electrons. The van der Waals surface area contributed by atoms with Gasteiger partial charge in [0, 0.05) is 6.54 Å². The Morgan fingerprint density at radius 1 is 1.29 bits per heavy atom. The molecule has 0 saturated carbocycles. The molecule has 1 heterocycles. The number of nitrogens with one attached hydrogen (secondary N) is 1. The molecule has 0 spiro atoms. The number of aliphatic hydroxyl groups excluding tert-OH is 1. The van der Waals surface area contributed by atoms with Gasteiger partial charge in [-0.05, 0) is 31.9 Å². The molecule has 0 fully saturated rings.